The van der Waals surface area contributed by atoms with Crippen molar-refractivity contribution in [2.24, 2.45) is 0 Å². The van der Waals surface area contributed by atoms with Crippen molar-refractivity contribution in [1.82, 2.24) is 14.9 Å². The Balaban J connectivity index is 1.29. The summed E-state index contributed by atoms with van der Waals surface area (Å²) in [7, 11) is 0. The number of hydrogen-bond acceptors (Lipinski definition) is 9. The average Bonchev–Trinajstić information content (AvgIpc) is 3.42. The fourth-order valence-corrected chi connectivity index (χ4v) is 4.51. The van der Waals surface area contributed by atoms with Crippen molar-refractivity contribution in [3.63, 3.8) is 0 Å². The van der Waals surface area contributed by atoms with E-state index in [2.05, 4.69) is 38.4 Å². The van der Waals surface area contributed by atoms with Crippen LogP contribution in [0.15, 0.2) is 54.7 Å². The number of rotatable bonds is 7. The minimum Gasteiger partial charge on any atom is -0.487 e. The van der Waals surface area contributed by atoms with Crippen LogP contribution in [-0.4, -0.2) is 78.0 Å². The lowest BCUT2D eigenvalue weighted by molar-refractivity contribution is -0.133. The highest BCUT2D eigenvalue weighted by atomic mass is 16.5. The van der Waals surface area contributed by atoms with Crippen molar-refractivity contribution in [2.45, 2.75) is 12.5 Å². The Morgan fingerprint density at radius 1 is 1.19 bits per heavy atom. The number of nitrogens with one attached hydrogen (secondary N) is 1. The van der Waals surface area contributed by atoms with Crippen molar-refractivity contribution < 1.29 is 19.4 Å². The molecule has 0 radical (unpaired) electrons. The first-order chi connectivity index (χ1) is 18.1. The van der Waals surface area contributed by atoms with Crippen LogP contribution in [0.1, 0.15) is 12.0 Å². The van der Waals surface area contributed by atoms with Crippen LogP contribution >= 0.6 is 0 Å². The highest BCUT2D eigenvalue weighted by Crippen LogP contribution is 2.28. The van der Waals surface area contributed by atoms with Gasteiger partial charge in [0.25, 0.3) is 0 Å². The minimum absolute atomic E-state index is 0.231. The van der Waals surface area contributed by atoms with Crippen LogP contribution < -0.4 is 15.0 Å². The number of ether oxygens (including phenoxy) is 2. The van der Waals surface area contributed by atoms with E-state index in [-0.39, 0.29) is 12.0 Å². The molecule has 5 rings (SSSR count). The van der Waals surface area contributed by atoms with Gasteiger partial charge in [0.2, 0.25) is 5.91 Å². The van der Waals surface area contributed by atoms with Gasteiger partial charge in [0.05, 0.1) is 25.3 Å². The summed E-state index contributed by atoms with van der Waals surface area (Å²) in [6.07, 6.45) is 2.09. The number of morpholine rings is 1. The molecule has 0 bridgehead atoms. The number of carbonyl (C=O) groups is 1. The van der Waals surface area contributed by atoms with Gasteiger partial charge >= 0.3 is 0 Å². The van der Waals surface area contributed by atoms with Gasteiger partial charge in [-0.3, -0.25) is 4.79 Å². The van der Waals surface area contributed by atoms with Crippen LogP contribution in [0.25, 0.3) is 11.4 Å². The predicted octanol–water partition coefficient (Wildman–Crippen LogP) is 2.57. The van der Waals surface area contributed by atoms with Gasteiger partial charge in [0.15, 0.2) is 5.82 Å². The molecule has 37 heavy (non-hydrogen) atoms. The Hall–Kier alpha value is -4.20. The molecule has 190 valence electrons. The van der Waals surface area contributed by atoms with Gasteiger partial charge < -0.3 is 29.7 Å². The second-order valence-electron chi connectivity index (χ2n) is 8.89. The van der Waals surface area contributed by atoms with Gasteiger partial charge in [0.1, 0.15) is 30.3 Å². The normalized spacial score (nSPS) is 17.4. The summed E-state index contributed by atoms with van der Waals surface area (Å²) in [5.41, 5.74) is 3.10. The third-order valence-electron chi connectivity index (χ3n) is 6.44. The molecule has 3 aromatic rings. The monoisotopic (exact) mass is 500 g/mol. The molecule has 0 saturated carbocycles. The van der Waals surface area contributed by atoms with Gasteiger partial charge in [-0.2, -0.15) is 5.26 Å². The van der Waals surface area contributed by atoms with E-state index in [1.54, 1.807) is 29.3 Å². The van der Waals surface area contributed by atoms with Gasteiger partial charge in [-0.25, -0.2) is 9.97 Å². The second-order valence-corrected chi connectivity index (χ2v) is 8.89. The molecule has 10 heteroatoms. The fraction of sp³-hybridized carbons (Fsp3) is 0.333. The number of hydrogen-bond donors (Lipinski definition) is 2. The standard InChI is InChI=1S/C27H28N6O4/c28-16-20-14-19(4-5-24(20)37-23-7-9-33(17-23)26(35)18-34)27-29-8-6-25(31-27)30-21-2-1-3-22(15-21)32-10-12-36-13-11-32/h1-6,8,14-15,23,34H,7,9-13,17-18H2,(H,29,30,31)/t23-/m1/s1. The van der Waals surface area contributed by atoms with E-state index >= 15 is 0 Å². The summed E-state index contributed by atoms with van der Waals surface area (Å²) >= 11 is 0. The van der Waals surface area contributed by atoms with Crippen LogP contribution in [0.2, 0.25) is 0 Å². The number of aliphatic hydroxyl groups is 1. The van der Waals surface area contributed by atoms with E-state index in [1.807, 2.05) is 18.2 Å². The number of carbonyl (C=O) groups excluding carboxylic acids is 1. The van der Waals surface area contributed by atoms with Gasteiger partial charge in [0, 0.05) is 49.2 Å². The average molecular weight is 501 g/mol. The van der Waals surface area contributed by atoms with E-state index in [9.17, 15) is 10.1 Å². The van der Waals surface area contributed by atoms with Crippen LogP contribution in [0.4, 0.5) is 17.2 Å². The van der Waals surface area contributed by atoms with Crippen molar-refractivity contribution in [3.05, 3.63) is 60.3 Å². The molecule has 1 atom stereocenters. The number of benzene rings is 2. The molecule has 2 N–H and O–H groups in total. The van der Waals surface area contributed by atoms with E-state index < -0.39 is 6.61 Å². The van der Waals surface area contributed by atoms with E-state index in [1.165, 1.54) is 0 Å². The predicted molar refractivity (Wildman–Crippen MR) is 138 cm³/mol. The molecule has 2 aliphatic rings. The Kier molecular flexibility index (Phi) is 7.44. The van der Waals surface area contributed by atoms with Gasteiger partial charge in [-0.15, -0.1) is 0 Å². The Labute approximate surface area is 215 Å². The maximum Gasteiger partial charge on any atom is 0.248 e. The van der Waals surface area contributed by atoms with E-state index in [0.717, 1.165) is 37.7 Å². The quantitative estimate of drug-likeness (QED) is 0.504. The number of amides is 1. The smallest absolute Gasteiger partial charge is 0.248 e. The lowest BCUT2D eigenvalue weighted by Gasteiger charge is -2.29. The van der Waals surface area contributed by atoms with E-state index in [0.29, 0.717) is 48.0 Å². The molecule has 1 amide bonds. The Morgan fingerprint density at radius 3 is 2.86 bits per heavy atom. The summed E-state index contributed by atoms with van der Waals surface area (Å²) in [6.45, 7) is 3.57. The highest BCUT2D eigenvalue weighted by molar-refractivity contribution is 5.77. The molecule has 0 spiro atoms. The van der Waals surface area contributed by atoms with Crippen LogP contribution in [0.3, 0.4) is 0 Å². The number of aliphatic hydroxyl groups excluding tert-OH is 1. The molecular formula is C27H28N6O4. The minimum atomic E-state index is -0.516. The molecular weight excluding hydrogens is 472 g/mol. The van der Waals surface area contributed by atoms with Crippen molar-refractivity contribution in [1.29, 1.82) is 5.26 Å². The summed E-state index contributed by atoms with van der Waals surface area (Å²) in [4.78, 5) is 24.6. The van der Waals surface area contributed by atoms with E-state index in [4.69, 9.17) is 14.6 Å². The summed E-state index contributed by atoms with van der Waals surface area (Å²) in [5, 5.41) is 22.1. The fourth-order valence-electron chi connectivity index (χ4n) is 4.51. The van der Waals surface area contributed by atoms with Gasteiger partial charge in [-0.05, 0) is 42.5 Å². The molecule has 2 fully saturated rings. The third-order valence-corrected chi connectivity index (χ3v) is 6.44. The SMILES string of the molecule is N#Cc1cc(-c2nccc(Nc3cccc(N4CCOCC4)c3)n2)ccc1O[C@@H]1CCN(C(=O)CO)C1. The van der Waals surface area contributed by atoms with Crippen molar-refractivity contribution in [2.75, 3.05) is 56.2 Å². The zero-order valence-electron chi connectivity index (χ0n) is 20.3. The van der Waals surface area contributed by atoms with Gasteiger partial charge in [-0.1, -0.05) is 6.07 Å². The number of anilines is 3. The highest BCUT2D eigenvalue weighted by Gasteiger charge is 2.27. The number of nitrogens with zero attached hydrogens (tertiary/aromatic N) is 5. The first-order valence-corrected chi connectivity index (χ1v) is 12.3. The Bertz CT molecular complexity index is 1300. The Morgan fingerprint density at radius 2 is 2.05 bits per heavy atom. The first kappa shape index (κ1) is 24.5. The molecule has 2 aliphatic heterocycles. The molecule has 0 aliphatic carbocycles. The maximum absolute atomic E-state index is 11.7. The lowest BCUT2D eigenvalue weighted by Crippen LogP contribution is -2.36. The van der Waals surface area contributed by atoms with Crippen LogP contribution in [0, 0.1) is 11.3 Å². The second kappa shape index (κ2) is 11.2. The largest absolute Gasteiger partial charge is 0.487 e. The molecule has 3 heterocycles. The number of aromatic nitrogens is 2. The van der Waals surface area contributed by atoms with Crippen molar-refractivity contribution >= 4 is 23.1 Å². The number of nitriles is 1. The molecule has 2 aromatic carbocycles. The maximum atomic E-state index is 11.7. The lowest BCUT2D eigenvalue weighted by atomic mass is 10.1. The summed E-state index contributed by atoms with van der Waals surface area (Å²) in [6, 6.07) is 17.4. The number of likely N-dealkylation sites (tertiary alicyclic amines) is 1. The first-order valence-electron chi connectivity index (χ1n) is 12.3. The third kappa shape index (κ3) is 5.80. The van der Waals surface area contributed by atoms with Crippen LogP contribution in [0.5, 0.6) is 5.75 Å². The summed E-state index contributed by atoms with van der Waals surface area (Å²) < 4.78 is 11.5. The van der Waals surface area contributed by atoms with Crippen molar-refractivity contribution in [3.8, 4) is 23.2 Å². The molecule has 2 saturated heterocycles. The zero-order chi connectivity index (χ0) is 25.6. The summed E-state index contributed by atoms with van der Waals surface area (Å²) in [5.74, 6) is 1.25. The zero-order valence-corrected chi connectivity index (χ0v) is 20.3. The van der Waals surface area contributed by atoms with Crippen LogP contribution in [-0.2, 0) is 9.53 Å². The topological polar surface area (TPSA) is 124 Å². The molecule has 1 aromatic heterocycles. The molecule has 10 nitrogen and oxygen atoms in total. The molecule has 0 unspecified atom stereocenters.